The van der Waals surface area contributed by atoms with Crippen molar-refractivity contribution in [1.29, 1.82) is 0 Å². The van der Waals surface area contributed by atoms with Crippen LogP contribution in [0.25, 0.3) is 0 Å². The molecule has 0 atom stereocenters. The van der Waals surface area contributed by atoms with Crippen LogP contribution in [0, 0.1) is 0 Å². The number of benzene rings is 1. The predicted octanol–water partition coefficient (Wildman–Crippen LogP) is 2.51. The lowest BCUT2D eigenvalue weighted by Gasteiger charge is -2.05. The number of hydrogen-bond acceptors (Lipinski definition) is 3. The highest BCUT2D eigenvalue weighted by Gasteiger charge is 1.99. The van der Waals surface area contributed by atoms with Crippen LogP contribution in [0.5, 0.6) is 11.5 Å². The molecule has 1 aromatic carbocycles. The van der Waals surface area contributed by atoms with Gasteiger partial charge >= 0.3 is 0 Å². The molecular formula is C12H10N2OS. The second kappa shape index (κ2) is 4.72. The van der Waals surface area contributed by atoms with Crippen LogP contribution >= 0.6 is 12.2 Å². The molecule has 0 amide bonds. The van der Waals surface area contributed by atoms with Crippen LogP contribution in [-0.4, -0.2) is 9.97 Å². The summed E-state index contributed by atoms with van der Waals surface area (Å²) in [5, 5.41) is 0. The summed E-state index contributed by atoms with van der Waals surface area (Å²) in [5.74, 6) is 1.43. The summed E-state index contributed by atoms with van der Waals surface area (Å²) in [7, 11) is 0. The van der Waals surface area contributed by atoms with Gasteiger partial charge in [0, 0.05) is 0 Å². The molecule has 0 bridgehead atoms. The molecule has 0 aliphatic heterocycles. The van der Waals surface area contributed by atoms with E-state index in [0.29, 0.717) is 11.4 Å². The highest BCUT2D eigenvalue weighted by Crippen LogP contribution is 2.19. The molecule has 0 radical (unpaired) electrons. The fourth-order valence-electron chi connectivity index (χ4n) is 1.21. The third-order valence-electron chi connectivity index (χ3n) is 1.97. The number of ether oxygens (including phenoxy) is 1. The van der Waals surface area contributed by atoms with Gasteiger partial charge in [-0.1, -0.05) is 30.4 Å². The molecule has 1 heterocycles. The Balaban J connectivity index is 2.14. The topological polar surface area (TPSA) is 48.1 Å². The van der Waals surface area contributed by atoms with Crippen LogP contribution in [0.4, 0.5) is 0 Å². The van der Waals surface area contributed by atoms with Crippen molar-refractivity contribution in [2.75, 3.05) is 0 Å². The summed E-state index contributed by atoms with van der Waals surface area (Å²) in [6, 6.07) is 13.0. The second-order valence-electron chi connectivity index (χ2n) is 3.16. The largest absolute Gasteiger partial charge is 0.456 e. The minimum absolute atomic E-state index is 0.284. The summed E-state index contributed by atoms with van der Waals surface area (Å²) in [6.45, 7) is 0. The number of para-hydroxylation sites is 1. The van der Waals surface area contributed by atoms with Gasteiger partial charge in [0.05, 0.1) is 11.9 Å². The molecule has 2 aromatic rings. The lowest BCUT2D eigenvalue weighted by atomic mass is 10.3. The Morgan fingerprint density at radius 2 is 1.81 bits per heavy atom. The summed E-state index contributed by atoms with van der Waals surface area (Å²) in [5.41, 5.74) is 6.04. The Morgan fingerprint density at radius 1 is 1.06 bits per heavy atom. The van der Waals surface area contributed by atoms with Gasteiger partial charge < -0.3 is 10.5 Å². The van der Waals surface area contributed by atoms with Crippen LogP contribution in [0.15, 0.2) is 48.7 Å². The van der Waals surface area contributed by atoms with Gasteiger partial charge in [0.15, 0.2) is 0 Å². The standard InChI is InChI=1S/C12H10N2OS/c13-12(16)11-7-6-10(8-14-11)15-9-4-2-1-3-5-9/h1-8H,(H2,13,16). The van der Waals surface area contributed by atoms with E-state index in [9.17, 15) is 0 Å². The molecule has 4 heteroatoms. The molecule has 0 fully saturated rings. The van der Waals surface area contributed by atoms with Crippen molar-refractivity contribution in [2.24, 2.45) is 5.73 Å². The van der Waals surface area contributed by atoms with Gasteiger partial charge in [-0.25, -0.2) is 4.98 Å². The monoisotopic (exact) mass is 230 g/mol. The van der Waals surface area contributed by atoms with E-state index in [-0.39, 0.29) is 4.99 Å². The zero-order valence-corrected chi connectivity index (χ0v) is 9.28. The molecule has 2 rings (SSSR count). The zero-order chi connectivity index (χ0) is 11.4. The number of nitrogens with two attached hydrogens (primary N) is 1. The number of pyridine rings is 1. The molecule has 80 valence electrons. The van der Waals surface area contributed by atoms with E-state index >= 15 is 0 Å². The normalized spacial score (nSPS) is 9.75. The molecule has 0 spiro atoms. The molecule has 1 aromatic heterocycles. The number of hydrogen-bond donors (Lipinski definition) is 1. The second-order valence-corrected chi connectivity index (χ2v) is 3.60. The molecule has 3 nitrogen and oxygen atoms in total. The fraction of sp³-hybridized carbons (Fsp3) is 0. The quantitative estimate of drug-likeness (QED) is 0.823. The maximum absolute atomic E-state index is 5.57. The summed E-state index contributed by atoms with van der Waals surface area (Å²) in [4.78, 5) is 4.37. The molecule has 16 heavy (non-hydrogen) atoms. The zero-order valence-electron chi connectivity index (χ0n) is 8.46. The maximum atomic E-state index is 5.57. The molecule has 0 aliphatic rings. The molecule has 0 unspecified atom stereocenters. The van der Waals surface area contributed by atoms with Crippen LogP contribution < -0.4 is 10.5 Å². The Morgan fingerprint density at radius 3 is 2.38 bits per heavy atom. The first kappa shape index (κ1) is 10.6. The number of aromatic nitrogens is 1. The van der Waals surface area contributed by atoms with Gasteiger partial charge in [-0.2, -0.15) is 0 Å². The Hall–Kier alpha value is -1.94. The molecule has 0 aliphatic carbocycles. The summed E-state index contributed by atoms with van der Waals surface area (Å²) >= 11 is 4.81. The average molecular weight is 230 g/mol. The van der Waals surface area contributed by atoms with E-state index < -0.39 is 0 Å². The smallest absolute Gasteiger partial charge is 0.145 e. The van der Waals surface area contributed by atoms with E-state index in [1.807, 2.05) is 30.3 Å². The van der Waals surface area contributed by atoms with Gasteiger partial charge in [0.2, 0.25) is 0 Å². The minimum Gasteiger partial charge on any atom is -0.456 e. The molecular weight excluding hydrogens is 220 g/mol. The predicted molar refractivity (Wildman–Crippen MR) is 66.6 cm³/mol. The van der Waals surface area contributed by atoms with E-state index in [1.54, 1.807) is 18.3 Å². The Kier molecular flexibility index (Phi) is 3.12. The number of nitrogens with zero attached hydrogens (tertiary/aromatic N) is 1. The number of rotatable bonds is 3. The van der Waals surface area contributed by atoms with Crippen LogP contribution in [0.3, 0.4) is 0 Å². The first-order valence-electron chi connectivity index (χ1n) is 4.74. The van der Waals surface area contributed by atoms with E-state index in [1.165, 1.54) is 0 Å². The van der Waals surface area contributed by atoms with E-state index in [0.717, 1.165) is 5.75 Å². The van der Waals surface area contributed by atoms with Crippen molar-refractivity contribution < 1.29 is 4.74 Å². The SMILES string of the molecule is NC(=S)c1ccc(Oc2ccccc2)cn1. The first-order valence-corrected chi connectivity index (χ1v) is 5.15. The third kappa shape index (κ3) is 2.55. The lowest BCUT2D eigenvalue weighted by molar-refractivity contribution is 0.480. The van der Waals surface area contributed by atoms with Gasteiger partial charge in [-0.15, -0.1) is 0 Å². The van der Waals surface area contributed by atoms with Crippen LogP contribution in [0.1, 0.15) is 5.69 Å². The van der Waals surface area contributed by atoms with Crippen molar-refractivity contribution in [3.05, 3.63) is 54.4 Å². The molecule has 2 N–H and O–H groups in total. The Labute approximate surface area is 98.9 Å². The van der Waals surface area contributed by atoms with Crippen molar-refractivity contribution in [1.82, 2.24) is 4.98 Å². The molecule has 0 saturated carbocycles. The van der Waals surface area contributed by atoms with E-state index in [2.05, 4.69) is 4.98 Å². The van der Waals surface area contributed by atoms with Crippen molar-refractivity contribution >= 4 is 17.2 Å². The summed E-state index contributed by atoms with van der Waals surface area (Å²) < 4.78 is 5.57. The van der Waals surface area contributed by atoms with Gasteiger partial charge in [-0.05, 0) is 24.3 Å². The van der Waals surface area contributed by atoms with Crippen LogP contribution in [0.2, 0.25) is 0 Å². The first-order chi connectivity index (χ1) is 7.75. The Bertz CT molecular complexity index is 482. The van der Waals surface area contributed by atoms with E-state index in [4.69, 9.17) is 22.7 Å². The lowest BCUT2D eigenvalue weighted by Crippen LogP contribution is -2.10. The third-order valence-corrected chi connectivity index (χ3v) is 2.18. The van der Waals surface area contributed by atoms with Gasteiger partial charge in [0.25, 0.3) is 0 Å². The van der Waals surface area contributed by atoms with Crippen molar-refractivity contribution in [2.45, 2.75) is 0 Å². The summed E-state index contributed by atoms with van der Waals surface area (Å²) in [6.07, 6.45) is 1.60. The van der Waals surface area contributed by atoms with Crippen molar-refractivity contribution in [3.63, 3.8) is 0 Å². The van der Waals surface area contributed by atoms with Crippen LogP contribution in [-0.2, 0) is 0 Å². The highest BCUT2D eigenvalue weighted by atomic mass is 32.1. The number of thiocarbonyl (C=S) groups is 1. The maximum Gasteiger partial charge on any atom is 0.145 e. The fourth-order valence-corrected chi connectivity index (χ4v) is 1.33. The van der Waals surface area contributed by atoms with Gasteiger partial charge in [0.1, 0.15) is 16.5 Å². The minimum atomic E-state index is 0.284. The highest BCUT2D eigenvalue weighted by molar-refractivity contribution is 7.80. The average Bonchev–Trinajstić information content (AvgIpc) is 2.31. The molecule has 0 saturated heterocycles. The van der Waals surface area contributed by atoms with Gasteiger partial charge in [-0.3, -0.25) is 0 Å². The van der Waals surface area contributed by atoms with Crippen molar-refractivity contribution in [3.8, 4) is 11.5 Å².